The Morgan fingerprint density at radius 2 is 1.85 bits per heavy atom. The van der Waals surface area contributed by atoms with Crippen LogP contribution in [-0.2, 0) is 0 Å². The normalized spacial score (nSPS) is 11.3. The van der Waals surface area contributed by atoms with E-state index >= 15 is 0 Å². The van der Waals surface area contributed by atoms with E-state index in [0.29, 0.717) is 5.01 Å². The van der Waals surface area contributed by atoms with Crippen LogP contribution in [0.3, 0.4) is 0 Å². The van der Waals surface area contributed by atoms with E-state index in [1.165, 1.54) is 28.0 Å². The minimum Gasteiger partial charge on any atom is -0.277 e. The van der Waals surface area contributed by atoms with Crippen molar-refractivity contribution in [3.63, 3.8) is 0 Å². The maximum Gasteiger partial charge on any atom is 0.196 e. The number of aromatic nitrogens is 1. The molecule has 0 amide bonds. The molecule has 0 bridgehead atoms. The third-order valence-corrected chi connectivity index (χ3v) is 5.13. The van der Waals surface area contributed by atoms with Crippen molar-refractivity contribution in [2.75, 3.05) is 5.43 Å². The van der Waals surface area contributed by atoms with Crippen LogP contribution in [-0.4, -0.2) is 10.7 Å². The fourth-order valence-electron chi connectivity index (χ4n) is 2.59. The number of nitrogens with zero attached hydrogens (tertiary/aromatic N) is 3. The fraction of sp³-hybridized carbons (Fsp3) is 0.190. The van der Waals surface area contributed by atoms with Gasteiger partial charge in [0.15, 0.2) is 10.7 Å². The van der Waals surface area contributed by atoms with E-state index in [4.69, 9.17) is 0 Å². The number of aryl methyl sites for hydroxylation is 4. The molecule has 4 nitrogen and oxygen atoms in total. The molecule has 0 fully saturated rings. The molecule has 26 heavy (non-hydrogen) atoms. The van der Waals surface area contributed by atoms with Gasteiger partial charge in [0.25, 0.3) is 0 Å². The van der Waals surface area contributed by atoms with Gasteiger partial charge in [-0.3, -0.25) is 5.43 Å². The average molecular weight is 360 g/mol. The lowest BCUT2D eigenvalue weighted by atomic mass is 10.1. The summed E-state index contributed by atoms with van der Waals surface area (Å²) < 4.78 is 0. The molecule has 0 unspecified atom stereocenters. The lowest BCUT2D eigenvalue weighted by Crippen LogP contribution is -2.02. The highest BCUT2D eigenvalue weighted by Gasteiger charge is 2.11. The van der Waals surface area contributed by atoms with Gasteiger partial charge in [-0.15, -0.1) is 11.3 Å². The molecule has 1 N–H and O–H groups in total. The fourth-order valence-corrected chi connectivity index (χ4v) is 3.36. The summed E-state index contributed by atoms with van der Waals surface area (Å²) in [5.74, 6) is 0. The summed E-state index contributed by atoms with van der Waals surface area (Å²) in [6.45, 7) is 8.23. The number of hydrogen-bond acceptors (Lipinski definition) is 5. The van der Waals surface area contributed by atoms with Crippen molar-refractivity contribution in [2.45, 2.75) is 27.7 Å². The lowest BCUT2D eigenvalue weighted by molar-refractivity contribution is 1.27. The van der Waals surface area contributed by atoms with E-state index in [1.807, 2.05) is 31.4 Å². The third kappa shape index (κ3) is 3.81. The molecule has 0 aliphatic carbocycles. The molecule has 0 saturated carbocycles. The third-order valence-electron chi connectivity index (χ3n) is 4.29. The Hall–Kier alpha value is -2.97. The summed E-state index contributed by atoms with van der Waals surface area (Å²) in [5.41, 5.74) is 10.8. The average Bonchev–Trinajstić information content (AvgIpc) is 3.09. The van der Waals surface area contributed by atoms with Gasteiger partial charge in [-0.25, -0.2) is 4.98 Å². The smallest absolute Gasteiger partial charge is 0.196 e. The molecule has 0 aliphatic heterocycles. The molecule has 5 heteroatoms. The summed E-state index contributed by atoms with van der Waals surface area (Å²) in [4.78, 5) is 4.60. The number of anilines is 1. The number of rotatable bonds is 4. The van der Waals surface area contributed by atoms with Gasteiger partial charge in [0.1, 0.15) is 6.07 Å². The Bertz CT molecular complexity index is 1020. The van der Waals surface area contributed by atoms with Gasteiger partial charge in [0.2, 0.25) is 0 Å². The quantitative estimate of drug-likeness (QED) is 0.502. The van der Waals surface area contributed by atoms with Gasteiger partial charge in [0.05, 0.1) is 11.4 Å². The van der Waals surface area contributed by atoms with Gasteiger partial charge in [0, 0.05) is 10.9 Å². The van der Waals surface area contributed by atoms with E-state index < -0.39 is 0 Å². The summed E-state index contributed by atoms with van der Waals surface area (Å²) >= 11 is 1.42. The minimum absolute atomic E-state index is 0.282. The second kappa shape index (κ2) is 7.51. The van der Waals surface area contributed by atoms with Crippen molar-refractivity contribution in [2.24, 2.45) is 5.10 Å². The van der Waals surface area contributed by atoms with Gasteiger partial charge in [-0.2, -0.15) is 10.4 Å². The van der Waals surface area contributed by atoms with Crippen LogP contribution in [0.2, 0.25) is 0 Å². The topological polar surface area (TPSA) is 61.1 Å². The zero-order valence-electron chi connectivity index (χ0n) is 15.3. The first-order valence-corrected chi connectivity index (χ1v) is 9.20. The van der Waals surface area contributed by atoms with Crippen molar-refractivity contribution in [1.82, 2.24) is 4.98 Å². The molecule has 1 aromatic heterocycles. The zero-order chi connectivity index (χ0) is 18.7. The Morgan fingerprint density at radius 3 is 2.54 bits per heavy atom. The molecule has 0 atom stereocenters. The van der Waals surface area contributed by atoms with Gasteiger partial charge >= 0.3 is 0 Å². The Balaban J connectivity index is 1.86. The van der Waals surface area contributed by atoms with E-state index in [2.05, 4.69) is 59.7 Å². The summed E-state index contributed by atoms with van der Waals surface area (Å²) in [7, 11) is 0. The van der Waals surface area contributed by atoms with Crippen LogP contribution in [0.5, 0.6) is 0 Å². The van der Waals surface area contributed by atoms with Gasteiger partial charge < -0.3 is 0 Å². The lowest BCUT2D eigenvalue weighted by Gasteiger charge is -2.05. The van der Waals surface area contributed by atoms with E-state index in [1.54, 1.807) is 0 Å². The molecule has 1 heterocycles. The predicted octanol–water partition coefficient (Wildman–Crippen LogP) is 5.38. The van der Waals surface area contributed by atoms with E-state index in [0.717, 1.165) is 22.5 Å². The van der Waals surface area contributed by atoms with E-state index in [9.17, 15) is 5.26 Å². The SMILES string of the molecule is Cc1ccc(N/N=C(\C#N)c2nc(-c3ccc(C)c(C)c3)cs2)c(C)c1. The number of thiazole rings is 1. The standard InChI is InChI=1S/C21H20N4S/c1-13-5-8-18(16(4)9-13)24-25-19(11-22)21-23-20(12-26-21)17-7-6-14(2)15(3)10-17/h5-10,12,24H,1-4H3/b25-19+. The van der Waals surface area contributed by atoms with Crippen molar-refractivity contribution < 1.29 is 0 Å². The second-order valence-corrected chi connectivity index (χ2v) is 7.20. The molecule has 3 rings (SSSR count). The number of nitriles is 1. The molecular weight excluding hydrogens is 340 g/mol. The van der Waals surface area contributed by atoms with Crippen molar-refractivity contribution in [3.8, 4) is 17.3 Å². The zero-order valence-corrected chi connectivity index (χ0v) is 16.1. The first kappa shape index (κ1) is 17.8. The summed E-state index contributed by atoms with van der Waals surface area (Å²) in [5, 5.41) is 16.3. The van der Waals surface area contributed by atoms with Gasteiger partial charge in [-0.05, 0) is 56.5 Å². The first-order valence-electron chi connectivity index (χ1n) is 8.32. The van der Waals surface area contributed by atoms with Gasteiger partial charge in [-0.1, -0.05) is 29.8 Å². The molecule has 0 aliphatic rings. The number of nitrogens with one attached hydrogen (secondary N) is 1. The Morgan fingerprint density at radius 1 is 1.04 bits per heavy atom. The van der Waals surface area contributed by atoms with Crippen LogP contribution in [0.4, 0.5) is 5.69 Å². The molecular formula is C21H20N4S. The molecule has 0 saturated heterocycles. The molecule has 0 radical (unpaired) electrons. The largest absolute Gasteiger partial charge is 0.277 e. The van der Waals surface area contributed by atoms with Crippen LogP contribution >= 0.6 is 11.3 Å². The second-order valence-electron chi connectivity index (χ2n) is 6.34. The highest BCUT2D eigenvalue weighted by atomic mass is 32.1. The molecule has 3 aromatic rings. The minimum atomic E-state index is 0.282. The molecule has 130 valence electrons. The van der Waals surface area contributed by atoms with Crippen LogP contribution in [0.1, 0.15) is 27.3 Å². The highest BCUT2D eigenvalue weighted by molar-refractivity contribution is 7.12. The van der Waals surface area contributed by atoms with Crippen molar-refractivity contribution >= 4 is 22.7 Å². The number of hydrogen-bond donors (Lipinski definition) is 1. The molecule has 2 aromatic carbocycles. The van der Waals surface area contributed by atoms with Crippen LogP contribution in [0, 0.1) is 39.0 Å². The predicted molar refractivity (Wildman–Crippen MR) is 109 cm³/mol. The number of benzene rings is 2. The maximum atomic E-state index is 9.48. The summed E-state index contributed by atoms with van der Waals surface area (Å²) in [6, 6.07) is 14.4. The van der Waals surface area contributed by atoms with E-state index in [-0.39, 0.29) is 5.71 Å². The Kier molecular flexibility index (Phi) is 5.15. The van der Waals surface area contributed by atoms with Crippen LogP contribution in [0.25, 0.3) is 11.3 Å². The summed E-state index contributed by atoms with van der Waals surface area (Å²) in [6.07, 6.45) is 0. The number of hydrazone groups is 1. The van der Waals surface area contributed by atoms with Crippen molar-refractivity contribution in [3.05, 3.63) is 69.0 Å². The Labute approximate surface area is 157 Å². The molecule has 0 spiro atoms. The monoisotopic (exact) mass is 360 g/mol. The van der Waals surface area contributed by atoms with Crippen LogP contribution in [0.15, 0.2) is 46.9 Å². The van der Waals surface area contributed by atoms with Crippen LogP contribution < -0.4 is 5.43 Å². The van der Waals surface area contributed by atoms with Crippen molar-refractivity contribution in [1.29, 1.82) is 5.26 Å². The maximum absolute atomic E-state index is 9.48. The highest BCUT2D eigenvalue weighted by Crippen LogP contribution is 2.24. The first-order chi connectivity index (χ1) is 12.5.